The van der Waals surface area contributed by atoms with Gasteiger partial charge in [-0.15, -0.1) is 11.3 Å². The van der Waals surface area contributed by atoms with Crippen LogP contribution in [-0.2, 0) is 10.8 Å². The molecule has 0 spiro atoms. The maximum Gasteiger partial charge on any atom is 0.252 e. The first kappa shape index (κ1) is 59.1. The smallest absolute Gasteiger partial charge is 0.252 e. The third kappa shape index (κ3) is 9.33. The molecule has 482 valence electrons. The van der Waals surface area contributed by atoms with Crippen molar-refractivity contribution in [1.82, 2.24) is 4.57 Å². The van der Waals surface area contributed by atoms with E-state index in [-0.39, 0.29) is 17.5 Å². The second kappa shape index (κ2) is 22.2. The van der Waals surface area contributed by atoms with Crippen molar-refractivity contribution in [3.63, 3.8) is 0 Å². The Bertz CT molecular complexity index is 6280. The van der Waals surface area contributed by atoms with Gasteiger partial charge in [0, 0.05) is 127 Å². The van der Waals surface area contributed by atoms with E-state index in [0.717, 1.165) is 129 Å². The minimum atomic E-state index is -0.251. The number of nitrogens with zero attached hydrogens (tertiary/aromatic N) is 5. The summed E-state index contributed by atoms with van der Waals surface area (Å²) >= 11 is 1.85. The van der Waals surface area contributed by atoms with Gasteiger partial charge >= 0.3 is 0 Å². The van der Waals surface area contributed by atoms with E-state index in [1.165, 1.54) is 58.5 Å². The van der Waals surface area contributed by atoms with E-state index in [0.29, 0.717) is 0 Å². The van der Waals surface area contributed by atoms with Crippen LogP contribution in [0, 0.1) is 0 Å². The Morgan fingerprint density at radius 2 is 0.782 bits per heavy atom. The summed E-state index contributed by atoms with van der Waals surface area (Å²) in [4.78, 5) is 10.1. The standard InChI is InChI=1S/C92H68BN5O2S/c1-91(2,3)57-33-37-61(38-34-57)97-80-51-65(95(63-43-47-86-74(49-63)70-27-15-19-31-85(70)99-86)64-44-48-89-75(50-64)72-28-16-20-32-88(72)101-89)42-46-76(80)93-77-55-73-68-25-13-17-29-78(68)96(60-23-11-8-12-24-60)79(73)56-81(77)98(62-39-35-58(36-40-62)92(4,5)6)83-53-67(52-82(97)90(83)93)94(59-21-9-7-10-22-59)66-41-45-71-69-26-14-18-30-84(69)100-87(71)54-66/h7-56H,1-6H3. The van der Waals surface area contributed by atoms with Crippen LogP contribution in [0.1, 0.15) is 52.7 Å². The van der Waals surface area contributed by atoms with Gasteiger partial charge in [0.1, 0.15) is 22.3 Å². The summed E-state index contributed by atoms with van der Waals surface area (Å²) in [7, 11) is 0. The van der Waals surface area contributed by atoms with Gasteiger partial charge < -0.3 is 33.0 Å². The SMILES string of the molecule is CC(C)(C)c1ccc(N2c3cc(N(c4ccc5oc6ccccc6c5c4)c4ccc5sc6ccccc6c5c4)ccc3B3c4cc5c6ccccc6n(-c6ccccc6)c5cc4N(c4ccc(C(C)(C)C)cc4)c4cc(N(c5ccccc5)c5ccc6c(c5)oc5ccccc56)cc2c43)cc1. The molecule has 0 saturated heterocycles. The van der Waals surface area contributed by atoms with E-state index in [4.69, 9.17) is 8.83 Å². The van der Waals surface area contributed by atoms with Crippen molar-refractivity contribution in [2.24, 2.45) is 0 Å². The molecular formula is C92H68BN5O2S. The molecule has 20 rings (SSSR count). The zero-order chi connectivity index (χ0) is 67.6. The largest absolute Gasteiger partial charge is 0.456 e. The summed E-state index contributed by atoms with van der Waals surface area (Å²) in [6.45, 7) is 13.6. The van der Waals surface area contributed by atoms with Gasteiger partial charge in [-0.3, -0.25) is 0 Å². The predicted octanol–water partition coefficient (Wildman–Crippen LogP) is 24.6. The molecule has 7 nitrogen and oxygen atoms in total. The molecule has 101 heavy (non-hydrogen) atoms. The lowest BCUT2D eigenvalue weighted by atomic mass is 9.33. The van der Waals surface area contributed by atoms with Crippen molar-refractivity contribution in [3.05, 3.63) is 314 Å². The summed E-state index contributed by atoms with van der Waals surface area (Å²) in [5.41, 5.74) is 25.4. The number of thiophene rings is 1. The number of aromatic nitrogens is 1. The average molecular weight is 1320 g/mol. The summed E-state index contributed by atoms with van der Waals surface area (Å²) in [6, 6.07) is 113. The van der Waals surface area contributed by atoms with Gasteiger partial charge in [0.2, 0.25) is 0 Å². The molecular weight excluding hydrogens is 1250 g/mol. The maximum absolute atomic E-state index is 6.78. The topological polar surface area (TPSA) is 44.2 Å². The van der Waals surface area contributed by atoms with Gasteiger partial charge in [-0.05, 0) is 190 Å². The first-order valence-electron chi connectivity index (χ1n) is 35.0. The molecule has 0 N–H and O–H groups in total. The molecule has 0 aliphatic carbocycles. The van der Waals surface area contributed by atoms with Gasteiger partial charge in [0.15, 0.2) is 0 Å². The molecule has 0 unspecified atom stereocenters. The number of anilines is 12. The fraction of sp³-hybridized carbons (Fsp3) is 0.0870. The first-order valence-corrected chi connectivity index (χ1v) is 35.8. The summed E-state index contributed by atoms with van der Waals surface area (Å²) < 4.78 is 18.3. The summed E-state index contributed by atoms with van der Waals surface area (Å²) in [5, 5.41) is 9.21. The van der Waals surface area contributed by atoms with Crippen LogP contribution in [-0.4, -0.2) is 11.3 Å². The van der Waals surface area contributed by atoms with Crippen LogP contribution in [0.25, 0.3) is 91.5 Å². The zero-order valence-electron chi connectivity index (χ0n) is 56.9. The van der Waals surface area contributed by atoms with Crippen LogP contribution >= 0.6 is 11.3 Å². The van der Waals surface area contributed by atoms with Gasteiger partial charge in [-0.1, -0.05) is 187 Å². The summed E-state index contributed by atoms with van der Waals surface area (Å²) in [6.07, 6.45) is 0. The van der Waals surface area contributed by atoms with Crippen LogP contribution in [0.4, 0.5) is 68.2 Å². The number of benzene rings is 14. The van der Waals surface area contributed by atoms with Crippen molar-refractivity contribution >= 4 is 189 Å². The van der Waals surface area contributed by atoms with Gasteiger partial charge in [0.05, 0.1) is 16.7 Å². The van der Waals surface area contributed by atoms with E-state index in [1.54, 1.807) is 0 Å². The third-order valence-corrected chi connectivity index (χ3v) is 22.4. The van der Waals surface area contributed by atoms with Crippen LogP contribution in [0.3, 0.4) is 0 Å². The number of furan rings is 2. The molecule has 18 aromatic rings. The van der Waals surface area contributed by atoms with E-state index in [9.17, 15) is 0 Å². The molecule has 0 fully saturated rings. The fourth-order valence-corrected chi connectivity index (χ4v) is 17.4. The number of hydrogen-bond donors (Lipinski definition) is 0. The normalized spacial score (nSPS) is 13.0. The highest BCUT2D eigenvalue weighted by Crippen LogP contribution is 2.52. The molecule has 0 saturated carbocycles. The molecule has 14 aromatic carbocycles. The molecule has 0 amide bonds. The zero-order valence-corrected chi connectivity index (χ0v) is 57.7. The number of rotatable bonds is 9. The number of para-hydroxylation sites is 5. The molecule has 6 heterocycles. The molecule has 9 heteroatoms. The van der Waals surface area contributed by atoms with Crippen LogP contribution in [0.5, 0.6) is 0 Å². The van der Waals surface area contributed by atoms with Crippen LogP contribution in [0.15, 0.2) is 312 Å². The van der Waals surface area contributed by atoms with E-state index in [2.05, 4.69) is 369 Å². The predicted molar refractivity (Wildman–Crippen MR) is 429 cm³/mol. The highest BCUT2D eigenvalue weighted by atomic mass is 32.1. The lowest BCUT2D eigenvalue weighted by Crippen LogP contribution is -2.61. The number of fused-ring (bicyclic) bond motifs is 16. The molecule has 0 bridgehead atoms. The molecule has 2 aliphatic rings. The molecule has 4 aromatic heterocycles. The number of hydrogen-bond acceptors (Lipinski definition) is 7. The third-order valence-electron chi connectivity index (χ3n) is 21.2. The lowest BCUT2D eigenvalue weighted by Gasteiger charge is -2.45. The lowest BCUT2D eigenvalue weighted by molar-refractivity contribution is 0.590. The molecule has 2 aliphatic heterocycles. The minimum Gasteiger partial charge on any atom is -0.456 e. The summed E-state index contributed by atoms with van der Waals surface area (Å²) in [5.74, 6) is 0. The average Bonchev–Trinajstić information content (AvgIpc) is 0.996. The van der Waals surface area contributed by atoms with Gasteiger partial charge in [0.25, 0.3) is 6.71 Å². The Labute approximate surface area is 590 Å². The second-order valence-electron chi connectivity index (χ2n) is 29.3. The maximum atomic E-state index is 6.78. The van der Waals surface area contributed by atoms with Crippen molar-refractivity contribution in [3.8, 4) is 5.69 Å². The van der Waals surface area contributed by atoms with Gasteiger partial charge in [-0.2, -0.15) is 0 Å². The Morgan fingerprint density at radius 1 is 0.297 bits per heavy atom. The Balaban J connectivity index is 0.912. The quantitative estimate of drug-likeness (QED) is 0.134. The van der Waals surface area contributed by atoms with Crippen LogP contribution in [0.2, 0.25) is 0 Å². The van der Waals surface area contributed by atoms with Gasteiger partial charge in [-0.25, -0.2) is 0 Å². The minimum absolute atomic E-state index is 0.0744. The van der Waals surface area contributed by atoms with Crippen molar-refractivity contribution in [2.45, 2.75) is 52.4 Å². The monoisotopic (exact) mass is 1320 g/mol. The van der Waals surface area contributed by atoms with E-state index in [1.807, 2.05) is 11.3 Å². The highest BCUT2D eigenvalue weighted by Gasteiger charge is 2.45. The molecule has 0 atom stereocenters. The van der Waals surface area contributed by atoms with E-state index >= 15 is 0 Å². The van der Waals surface area contributed by atoms with E-state index < -0.39 is 0 Å². The Hall–Kier alpha value is -12.0. The fourth-order valence-electron chi connectivity index (χ4n) is 16.4. The molecule has 0 radical (unpaired) electrons. The second-order valence-corrected chi connectivity index (χ2v) is 30.4. The van der Waals surface area contributed by atoms with Crippen molar-refractivity contribution in [1.29, 1.82) is 0 Å². The highest BCUT2D eigenvalue weighted by molar-refractivity contribution is 7.25. The van der Waals surface area contributed by atoms with Crippen molar-refractivity contribution < 1.29 is 8.83 Å². The van der Waals surface area contributed by atoms with Crippen LogP contribution < -0.4 is 36.0 Å². The Kier molecular flexibility index (Phi) is 13.0. The Morgan fingerprint density at radius 3 is 1.47 bits per heavy atom. The van der Waals surface area contributed by atoms with Crippen molar-refractivity contribution in [2.75, 3.05) is 19.6 Å². The first-order chi connectivity index (χ1) is 49.3.